The number of amides is 2. The molecule has 2 atom stereocenters. The summed E-state index contributed by atoms with van der Waals surface area (Å²) in [5.41, 5.74) is 10.0. The molecule has 0 radical (unpaired) electrons. The summed E-state index contributed by atoms with van der Waals surface area (Å²) in [7, 11) is 0. The number of carbonyl (C=O) groups is 2. The van der Waals surface area contributed by atoms with E-state index < -0.39 is 6.09 Å². The zero-order chi connectivity index (χ0) is 9.84. The van der Waals surface area contributed by atoms with Crippen molar-refractivity contribution in [3.05, 3.63) is 0 Å². The summed E-state index contributed by atoms with van der Waals surface area (Å²) < 4.78 is 4.80. The Bertz CT molecular complexity index is 217. The average molecular weight is 186 g/mol. The first-order chi connectivity index (χ1) is 6.09. The van der Waals surface area contributed by atoms with Crippen molar-refractivity contribution in [3.63, 3.8) is 0 Å². The van der Waals surface area contributed by atoms with Crippen molar-refractivity contribution >= 4 is 12.0 Å². The van der Waals surface area contributed by atoms with Crippen LogP contribution >= 0.6 is 0 Å². The molecule has 0 heterocycles. The van der Waals surface area contributed by atoms with E-state index in [0.29, 0.717) is 6.42 Å². The Labute approximate surface area is 76.4 Å². The monoisotopic (exact) mass is 186 g/mol. The van der Waals surface area contributed by atoms with Crippen LogP contribution in [-0.4, -0.2) is 18.1 Å². The molecule has 1 rings (SSSR count). The quantitative estimate of drug-likeness (QED) is 0.641. The van der Waals surface area contributed by atoms with Crippen LogP contribution in [0.25, 0.3) is 0 Å². The topological polar surface area (TPSA) is 95.4 Å². The van der Waals surface area contributed by atoms with Crippen LogP contribution in [0.2, 0.25) is 0 Å². The Morgan fingerprint density at radius 3 is 2.46 bits per heavy atom. The summed E-state index contributed by atoms with van der Waals surface area (Å²) in [5, 5.41) is 0. The lowest BCUT2D eigenvalue weighted by atomic mass is 9.87. The first kappa shape index (κ1) is 9.83. The lowest BCUT2D eigenvalue weighted by molar-refractivity contribution is -0.123. The van der Waals surface area contributed by atoms with E-state index >= 15 is 0 Å². The third kappa shape index (κ3) is 2.93. The highest BCUT2D eigenvalue weighted by molar-refractivity contribution is 5.76. The molecule has 4 N–H and O–H groups in total. The smallest absolute Gasteiger partial charge is 0.404 e. The van der Waals surface area contributed by atoms with Gasteiger partial charge in [0.1, 0.15) is 6.10 Å². The molecule has 13 heavy (non-hydrogen) atoms. The van der Waals surface area contributed by atoms with E-state index in [4.69, 9.17) is 16.2 Å². The van der Waals surface area contributed by atoms with Crippen LogP contribution in [0.1, 0.15) is 25.7 Å². The fraction of sp³-hybridized carbons (Fsp3) is 0.750. The Morgan fingerprint density at radius 1 is 1.23 bits per heavy atom. The number of rotatable bonds is 2. The molecular weight excluding hydrogens is 172 g/mol. The molecule has 1 aliphatic rings. The fourth-order valence-electron chi connectivity index (χ4n) is 1.67. The van der Waals surface area contributed by atoms with Crippen molar-refractivity contribution < 1.29 is 14.3 Å². The maximum absolute atomic E-state index is 10.8. The minimum absolute atomic E-state index is 0.168. The summed E-state index contributed by atoms with van der Waals surface area (Å²) in [6, 6.07) is 0. The minimum Gasteiger partial charge on any atom is -0.446 e. The minimum atomic E-state index is -0.782. The molecule has 74 valence electrons. The third-order valence-electron chi connectivity index (χ3n) is 2.31. The summed E-state index contributed by atoms with van der Waals surface area (Å²) in [4.78, 5) is 21.3. The van der Waals surface area contributed by atoms with Crippen LogP contribution in [0.4, 0.5) is 4.79 Å². The first-order valence-corrected chi connectivity index (χ1v) is 4.35. The molecule has 0 aromatic carbocycles. The molecule has 0 saturated heterocycles. The van der Waals surface area contributed by atoms with Gasteiger partial charge in [-0.3, -0.25) is 4.79 Å². The van der Waals surface area contributed by atoms with Gasteiger partial charge in [-0.25, -0.2) is 4.79 Å². The number of primary amides is 2. The number of hydrogen-bond acceptors (Lipinski definition) is 3. The van der Waals surface area contributed by atoms with Crippen molar-refractivity contribution in [1.29, 1.82) is 0 Å². The second kappa shape index (κ2) is 4.11. The van der Waals surface area contributed by atoms with Crippen LogP contribution in [0.3, 0.4) is 0 Å². The standard InChI is InChI=1S/C8H14N2O3/c9-7(11)5-2-1-3-6(4-5)13-8(10)12/h5-6H,1-4H2,(H2,9,11)(H2,10,12)/t5-,6+/m0/s1. The molecular formula is C8H14N2O3. The van der Waals surface area contributed by atoms with Crippen LogP contribution in [-0.2, 0) is 9.53 Å². The van der Waals surface area contributed by atoms with E-state index in [1.807, 2.05) is 0 Å². The molecule has 0 spiro atoms. The highest BCUT2D eigenvalue weighted by Crippen LogP contribution is 2.25. The summed E-state index contributed by atoms with van der Waals surface area (Å²) in [5.74, 6) is -0.490. The zero-order valence-corrected chi connectivity index (χ0v) is 7.36. The van der Waals surface area contributed by atoms with Crippen LogP contribution < -0.4 is 11.5 Å². The fourth-order valence-corrected chi connectivity index (χ4v) is 1.67. The molecule has 5 heteroatoms. The maximum Gasteiger partial charge on any atom is 0.404 e. The van der Waals surface area contributed by atoms with Gasteiger partial charge in [0.2, 0.25) is 5.91 Å². The predicted molar refractivity (Wildman–Crippen MR) is 45.6 cm³/mol. The molecule has 5 nitrogen and oxygen atoms in total. The lowest BCUT2D eigenvalue weighted by Gasteiger charge is -2.26. The number of ether oxygens (including phenoxy) is 1. The van der Waals surface area contributed by atoms with Crippen molar-refractivity contribution in [2.24, 2.45) is 17.4 Å². The van der Waals surface area contributed by atoms with Crippen molar-refractivity contribution in [2.45, 2.75) is 31.8 Å². The summed E-state index contributed by atoms with van der Waals surface area (Å²) >= 11 is 0. The van der Waals surface area contributed by atoms with Gasteiger partial charge >= 0.3 is 6.09 Å². The normalized spacial score (nSPS) is 28.0. The molecule has 0 aromatic rings. The number of hydrogen-bond donors (Lipinski definition) is 2. The highest BCUT2D eigenvalue weighted by Gasteiger charge is 2.27. The Morgan fingerprint density at radius 2 is 1.92 bits per heavy atom. The van der Waals surface area contributed by atoms with Crippen molar-refractivity contribution in [2.75, 3.05) is 0 Å². The maximum atomic E-state index is 10.8. The SMILES string of the molecule is NC(=O)O[C@@H]1CCC[C@H](C(N)=O)C1. The first-order valence-electron chi connectivity index (χ1n) is 4.35. The summed E-state index contributed by atoms with van der Waals surface area (Å²) in [6.07, 6.45) is 1.91. The number of carbonyl (C=O) groups excluding carboxylic acids is 2. The van der Waals surface area contributed by atoms with Gasteiger partial charge in [-0.1, -0.05) is 0 Å². The van der Waals surface area contributed by atoms with E-state index in [-0.39, 0.29) is 17.9 Å². The molecule has 1 saturated carbocycles. The zero-order valence-electron chi connectivity index (χ0n) is 7.36. The van der Waals surface area contributed by atoms with Crippen LogP contribution in [0.5, 0.6) is 0 Å². The van der Waals surface area contributed by atoms with Gasteiger partial charge in [-0.2, -0.15) is 0 Å². The second-order valence-electron chi connectivity index (χ2n) is 3.32. The van der Waals surface area contributed by atoms with Gasteiger partial charge in [0.05, 0.1) is 0 Å². The third-order valence-corrected chi connectivity index (χ3v) is 2.31. The van der Waals surface area contributed by atoms with Gasteiger partial charge in [-0.15, -0.1) is 0 Å². The van der Waals surface area contributed by atoms with E-state index in [9.17, 15) is 9.59 Å². The molecule has 0 unspecified atom stereocenters. The Kier molecular flexibility index (Phi) is 3.11. The van der Waals surface area contributed by atoms with Crippen molar-refractivity contribution in [3.8, 4) is 0 Å². The average Bonchev–Trinajstić information content (AvgIpc) is 2.03. The van der Waals surface area contributed by atoms with E-state index in [1.54, 1.807) is 0 Å². The predicted octanol–water partition coefficient (Wildman–Crippen LogP) is 0.126. The number of nitrogens with two attached hydrogens (primary N) is 2. The van der Waals surface area contributed by atoms with E-state index in [0.717, 1.165) is 19.3 Å². The van der Waals surface area contributed by atoms with Gasteiger partial charge in [0.15, 0.2) is 0 Å². The van der Waals surface area contributed by atoms with Gasteiger partial charge < -0.3 is 16.2 Å². The van der Waals surface area contributed by atoms with Gasteiger partial charge in [0.25, 0.3) is 0 Å². The van der Waals surface area contributed by atoms with Gasteiger partial charge in [-0.05, 0) is 25.7 Å². The molecule has 0 aliphatic heterocycles. The highest BCUT2D eigenvalue weighted by atomic mass is 16.6. The van der Waals surface area contributed by atoms with Gasteiger partial charge in [0, 0.05) is 5.92 Å². The molecule has 0 aromatic heterocycles. The largest absolute Gasteiger partial charge is 0.446 e. The summed E-state index contributed by atoms with van der Waals surface area (Å²) in [6.45, 7) is 0. The molecule has 1 fully saturated rings. The molecule has 0 bridgehead atoms. The van der Waals surface area contributed by atoms with E-state index in [2.05, 4.69) is 0 Å². The van der Waals surface area contributed by atoms with E-state index in [1.165, 1.54) is 0 Å². The molecule has 2 amide bonds. The lowest BCUT2D eigenvalue weighted by Crippen LogP contribution is -2.34. The molecule has 1 aliphatic carbocycles. The van der Waals surface area contributed by atoms with Crippen LogP contribution in [0.15, 0.2) is 0 Å². The Balaban J connectivity index is 2.41. The van der Waals surface area contributed by atoms with Crippen LogP contribution in [0, 0.1) is 5.92 Å². The Hall–Kier alpha value is -1.26. The second-order valence-corrected chi connectivity index (χ2v) is 3.32. The van der Waals surface area contributed by atoms with Crippen molar-refractivity contribution in [1.82, 2.24) is 0 Å².